The predicted molar refractivity (Wildman–Crippen MR) is 103 cm³/mol. The molecule has 1 N–H and O–H groups in total. The lowest BCUT2D eigenvalue weighted by Gasteiger charge is -2.11. The van der Waals surface area contributed by atoms with Gasteiger partial charge in [0.1, 0.15) is 5.82 Å². The summed E-state index contributed by atoms with van der Waals surface area (Å²) >= 11 is 1.53. The fourth-order valence-corrected chi connectivity index (χ4v) is 3.86. The van der Waals surface area contributed by atoms with Gasteiger partial charge in [0.15, 0.2) is 4.96 Å². The number of fused-ring (bicyclic) bond motifs is 3. The maximum absolute atomic E-state index is 13.1. The number of carbonyl (C=O) groups excluding carboxylic acids is 1. The van der Waals surface area contributed by atoms with Gasteiger partial charge in [0.2, 0.25) is 0 Å². The molecule has 2 aromatic heterocycles. The lowest BCUT2D eigenvalue weighted by atomic mass is 10.1. The van der Waals surface area contributed by atoms with Crippen LogP contribution in [0.25, 0.3) is 26.4 Å². The minimum Gasteiger partial charge on any atom is -0.350 e. The number of carbonyl (C=O) groups is 1. The first kappa shape index (κ1) is 16.7. The molecule has 0 saturated carbocycles. The van der Waals surface area contributed by atoms with Gasteiger partial charge in [-0.1, -0.05) is 18.3 Å². The van der Waals surface area contributed by atoms with Crippen LogP contribution in [0.3, 0.4) is 0 Å². The maximum atomic E-state index is 13.1. The number of aromatic nitrogens is 2. The molecule has 4 nitrogen and oxygen atoms in total. The second kappa shape index (κ2) is 6.53. The highest BCUT2D eigenvalue weighted by molar-refractivity contribution is 7.23. The normalized spacial score (nSPS) is 12.6. The zero-order valence-corrected chi connectivity index (χ0v) is 15.3. The third-order valence-electron chi connectivity index (χ3n) is 4.49. The Morgan fingerprint density at radius 1 is 1.27 bits per heavy atom. The number of imidazole rings is 1. The van der Waals surface area contributed by atoms with E-state index in [-0.39, 0.29) is 17.8 Å². The van der Waals surface area contributed by atoms with Gasteiger partial charge < -0.3 is 5.32 Å². The summed E-state index contributed by atoms with van der Waals surface area (Å²) in [6.07, 6.45) is 2.84. The smallest absolute Gasteiger partial charge is 0.251 e. The Hall–Kier alpha value is -2.73. The van der Waals surface area contributed by atoms with E-state index in [0.717, 1.165) is 32.9 Å². The van der Waals surface area contributed by atoms with E-state index in [0.29, 0.717) is 5.56 Å². The zero-order valence-electron chi connectivity index (χ0n) is 14.5. The van der Waals surface area contributed by atoms with E-state index in [9.17, 15) is 9.18 Å². The molecule has 0 saturated heterocycles. The largest absolute Gasteiger partial charge is 0.350 e. The van der Waals surface area contributed by atoms with Crippen LogP contribution in [0.15, 0.2) is 48.7 Å². The molecule has 26 heavy (non-hydrogen) atoms. The van der Waals surface area contributed by atoms with Crippen molar-refractivity contribution in [2.75, 3.05) is 0 Å². The Morgan fingerprint density at radius 2 is 2.04 bits per heavy atom. The second-order valence-corrected chi connectivity index (χ2v) is 7.36. The Balaban J connectivity index is 1.70. The molecule has 1 amide bonds. The second-order valence-electron chi connectivity index (χ2n) is 6.35. The fourth-order valence-electron chi connectivity index (χ4n) is 2.81. The molecule has 4 aromatic rings. The van der Waals surface area contributed by atoms with Crippen molar-refractivity contribution in [2.45, 2.75) is 26.3 Å². The number of nitrogens with one attached hydrogen (secondary N) is 1. The highest BCUT2D eigenvalue weighted by Crippen LogP contribution is 2.30. The molecule has 2 aromatic carbocycles. The standard InChI is InChI=1S/C20H18FN3OS/c1-3-12(2)22-19(25)14-6-9-17-18(10-14)26-20-23-16(11-24(17)20)13-4-7-15(21)8-5-13/h4-12H,3H2,1-2H3,(H,22,25)/t12-/m0/s1. The average molecular weight is 367 g/mol. The van der Waals surface area contributed by atoms with Crippen molar-refractivity contribution in [3.05, 3.63) is 60.0 Å². The number of nitrogens with zero attached hydrogens (tertiary/aromatic N) is 2. The Morgan fingerprint density at radius 3 is 2.77 bits per heavy atom. The summed E-state index contributed by atoms with van der Waals surface area (Å²) in [4.78, 5) is 17.8. The summed E-state index contributed by atoms with van der Waals surface area (Å²) in [5, 5.41) is 2.99. The highest BCUT2D eigenvalue weighted by atomic mass is 32.1. The van der Waals surface area contributed by atoms with E-state index in [1.165, 1.54) is 23.5 Å². The highest BCUT2D eigenvalue weighted by Gasteiger charge is 2.14. The third-order valence-corrected chi connectivity index (χ3v) is 5.50. The lowest BCUT2D eigenvalue weighted by molar-refractivity contribution is 0.0939. The monoisotopic (exact) mass is 367 g/mol. The number of halogens is 1. The number of rotatable bonds is 4. The summed E-state index contributed by atoms with van der Waals surface area (Å²) in [7, 11) is 0. The molecular formula is C20H18FN3OS. The maximum Gasteiger partial charge on any atom is 0.251 e. The minimum atomic E-state index is -0.261. The molecule has 2 heterocycles. The molecule has 0 spiro atoms. The van der Waals surface area contributed by atoms with Crippen molar-refractivity contribution in [1.29, 1.82) is 0 Å². The van der Waals surface area contributed by atoms with Gasteiger partial charge in [-0.25, -0.2) is 9.37 Å². The third kappa shape index (κ3) is 2.97. The number of hydrogen-bond donors (Lipinski definition) is 1. The summed E-state index contributed by atoms with van der Waals surface area (Å²) in [5.41, 5.74) is 3.34. The molecule has 0 aliphatic carbocycles. The number of amides is 1. The predicted octanol–water partition coefficient (Wildman–Crippen LogP) is 4.88. The fraction of sp³-hybridized carbons (Fsp3) is 0.200. The molecule has 0 fully saturated rings. The first-order chi connectivity index (χ1) is 12.5. The quantitative estimate of drug-likeness (QED) is 0.559. The summed E-state index contributed by atoms with van der Waals surface area (Å²) in [6, 6.07) is 12.2. The van der Waals surface area contributed by atoms with Crippen LogP contribution in [-0.4, -0.2) is 21.3 Å². The van der Waals surface area contributed by atoms with E-state index >= 15 is 0 Å². The van der Waals surface area contributed by atoms with Crippen LogP contribution < -0.4 is 5.32 Å². The molecule has 0 aliphatic heterocycles. The molecular weight excluding hydrogens is 349 g/mol. The van der Waals surface area contributed by atoms with Crippen molar-refractivity contribution in [1.82, 2.24) is 14.7 Å². The van der Waals surface area contributed by atoms with E-state index in [4.69, 9.17) is 0 Å². The van der Waals surface area contributed by atoms with Gasteiger partial charge in [-0.05, 0) is 55.8 Å². The Bertz CT molecular complexity index is 1100. The summed E-state index contributed by atoms with van der Waals surface area (Å²) < 4.78 is 16.1. The lowest BCUT2D eigenvalue weighted by Crippen LogP contribution is -2.31. The van der Waals surface area contributed by atoms with Crippen LogP contribution in [-0.2, 0) is 0 Å². The van der Waals surface area contributed by atoms with Gasteiger partial charge in [0, 0.05) is 23.4 Å². The summed E-state index contributed by atoms with van der Waals surface area (Å²) in [6.45, 7) is 4.04. The van der Waals surface area contributed by atoms with Gasteiger partial charge >= 0.3 is 0 Å². The van der Waals surface area contributed by atoms with Crippen LogP contribution in [0.4, 0.5) is 4.39 Å². The van der Waals surface area contributed by atoms with Crippen molar-refractivity contribution in [2.24, 2.45) is 0 Å². The van der Waals surface area contributed by atoms with Gasteiger partial charge in [-0.15, -0.1) is 0 Å². The van der Waals surface area contributed by atoms with Gasteiger partial charge in [0.05, 0.1) is 15.9 Å². The number of thiazole rings is 1. The van der Waals surface area contributed by atoms with E-state index < -0.39 is 0 Å². The average Bonchev–Trinajstić information content (AvgIpc) is 3.19. The van der Waals surface area contributed by atoms with Crippen LogP contribution in [0.5, 0.6) is 0 Å². The number of benzene rings is 2. The summed E-state index contributed by atoms with van der Waals surface area (Å²) in [5.74, 6) is -0.317. The van der Waals surface area contributed by atoms with E-state index in [2.05, 4.69) is 10.3 Å². The van der Waals surface area contributed by atoms with Crippen molar-refractivity contribution in [3.63, 3.8) is 0 Å². The SMILES string of the molecule is CC[C@H](C)NC(=O)c1ccc2c(c1)sc1nc(-c3ccc(F)cc3)cn12. The van der Waals surface area contributed by atoms with Crippen LogP contribution in [0.2, 0.25) is 0 Å². The molecule has 132 valence electrons. The first-order valence-electron chi connectivity index (χ1n) is 8.53. The molecule has 0 bridgehead atoms. The first-order valence-corrected chi connectivity index (χ1v) is 9.35. The Labute approximate surface area is 154 Å². The number of hydrogen-bond acceptors (Lipinski definition) is 3. The van der Waals surface area contributed by atoms with Crippen molar-refractivity contribution >= 4 is 32.4 Å². The van der Waals surface area contributed by atoms with Crippen molar-refractivity contribution in [3.8, 4) is 11.3 Å². The van der Waals surface area contributed by atoms with Gasteiger partial charge in [-0.2, -0.15) is 0 Å². The van der Waals surface area contributed by atoms with Crippen LogP contribution in [0, 0.1) is 5.82 Å². The molecule has 0 unspecified atom stereocenters. The Kier molecular flexibility index (Phi) is 4.20. The van der Waals surface area contributed by atoms with Gasteiger partial charge in [0.25, 0.3) is 5.91 Å². The zero-order chi connectivity index (χ0) is 18.3. The minimum absolute atomic E-state index is 0.0562. The van der Waals surface area contributed by atoms with E-state index in [1.807, 2.05) is 42.6 Å². The van der Waals surface area contributed by atoms with Crippen LogP contribution in [0.1, 0.15) is 30.6 Å². The molecule has 4 rings (SSSR count). The molecule has 0 aliphatic rings. The van der Waals surface area contributed by atoms with Crippen molar-refractivity contribution < 1.29 is 9.18 Å². The molecule has 1 atom stereocenters. The topological polar surface area (TPSA) is 46.4 Å². The van der Waals surface area contributed by atoms with Crippen LogP contribution >= 0.6 is 11.3 Å². The van der Waals surface area contributed by atoms with Gasteiger partial charge in [-0.3, -0.25) is 9.20 Å². The van der Waals surface area contributed by atoms with E-state index in [1.54, 1.807) is 12.1 Å². The molecule has 0 radical (unpaired) electrons. The molecule has 6 heteroatoms.